The fraction of sp³-hybridized carbons (Fsp3) is 0.100. The Morgan fingerprint density at radius 2 is 1.88 bits per heavy atom. The van der Waals surface area contributed by atoms with Crippen LogP contribution in [0.5, 0.6) is 0 Å². The molecule has 0 saturated carbocycles. The van der Waals surface area contributed by atoms with Crippen molar-refractivity contribution >= 4 is 18.0 Å². The van der Waals surface area contributed by atoms with E-state index in [1.807, 2.05) is 6.07 Å². The van der Waals surface area contributed by atoms with Crippen LogP contribution in [0.25, 0.3) is 6.08 Å². The predicted molar refractivity (Wildman–Crippen MR) is 90.4 cm³/mol. The summed E-state index contributed by atoms with van der Waals surface area (Å²) in [5.74, 6) is 2.48. The maximum Gasteiger partial charge on any atom is 0.384 e. The molecule has 0 radical (unpaired) electrons. The lowest BCUT2D eigenvalue weighted by Crippen LogP contribution is -2.03. The van der Waals surface area contributed by atoms with E-state index in [9.17, 15) is 9.59 Å². The number of carbonyl (C=O) groups excluding carboxylic acids is 2. The topological polar surface area (TPSA) is 52.6 Å². The summed E-state index contributed by atoms with van der Waals surface area (Å²) in [5, 5.41) is 0. The molecular weight excluding hydrogens is 304 g/mol. The third kappa shape index (κ3) is 6.63. The molecule has 0 heterocycles. The van der Waals surface area contributed by atoms with E-state index < -0.39 is 54.8 Å². The Hall–Kier alpha value is -3.32. The minimum atomic E-state index is -1.13. The highest BCUT2D eigenvalue weighted by molar-refractivity contribution is 5.89. The first-order valence-electron chi connectivity index (χ1n) is 9.84. The number of rotatable bonds is 5. The molecule has 4 nitrogen and oxygen atoms in total. The summed E-state index contributed by atoms with van der Waals surface area (Å²) in [7, 11) is 0. The minimum Gasteiger partial charge on any atom is -0.451 e. The smallest absolute Gasteiger partial charge is 0.384 e. The van der Waals surface area contributed by atoms with Crippen LogP contribution >= 0.6 is 0 Å². The molecule has 2 aromatic rings. The molecule has 2 aromatic carbocycles. The van der Waals surface area contributed by atoms with Gasteiger partial charge in [-0.05, 0) is 23.1 Å². The summed E-state index contributed by atoms with van der Waals surface area (Å²) >= 11 is 0. The van der Waals surface area contributed by atoms with Crippen LogP contribution in [0.2, 0.25) is 0 Å². The highest BCUT2D eigenvalue weighted by atomic mass is 16.5. The zero-order valence-corrected chi connectivity index (χ0v) is 12.5. The van der Waals surface area contributed by atoms with Gasteiger partial charge in [0.25, 0.3) is 0 Å². The summed E-state index contributed by atoms with van der Waals surface area (Å²) in [4.78, 5) is 23.4. The first kappa shape index (κ1) is 10.5. The van der Waals surface area contributed by atoms with Crippen molar-refractivity contribution in [2.45, 2.75) is 6.61 Å². The van der Waals surface area contributed by atoms with Crippen LogP contribution in [0.1, 0.15) is 19.4 Å². The van der Waals surface area contributed by atoms with E-state index in [0.717, 1.165) is 11.6 Å². The fourth-order valence-electron chi connectivity index (χ4n) is 1.47. The molecule has 0 N–H and O–H groups in total. The molecule has 0 aliphatic carbocycles. The molecule has 0 fully saturated rings. The molecule has 2 rings (SSSR count). The van der Waals surface area contributed by atoms with Gasteiger partial charge in [0.1, 0.15) is 6.61 Å². The van der Waals surface area contributed by atoms with Gasteiger partial charge < -0.3 is 9.47 Å². The van der Waals surface area contributed by atoms with Crippen LogP contribution in [-0.4, -0.2) is 18.5 Å². The Morgan fingerprint density at radius 3 is 2.62 bits per heavy atom. The molecule has 0 spiro atoms. The van der Waals surface area contributed by atoms with Gasteiger partial charge in [-0.15, -0.1) is 0 Å². The molecule has 0 bridgehead atoms. The quantitative estimate of drug-likeness (QED) is 0.367. The molecule has 24 heavy (non-hydrogen) atoms. The normalized spacial score (nSPS) is 13.8. The molecule has 120 valence electrons. The van der Waals surface area contributed by atoms with E-state index in [0.29, 0.717) is 0 Å². The van der Waals surface area contributed by atoms with Crippen LogP contribution in [0.3, 0.4) is 0 Å². The average Bonchev–Trinajstić information content (AvgIpc) is 2.75. The Bertz CT molecular complexity index is 1030. The Labute approximate surface area is 149 Å². The van der Waals surface area contributed by atoms with E-state index in [1.54, 1.807) is 24.3 Å². The van der Waals surface area contributed by atoms with Crippen LogP contribution in [0.15, 0.2) is 66.6 Å². The molecule has 4 heteroatoms. The van der Waals surface area contributed by atoms with Gasteiger partial charge in [-0.3, -0.25) is 0 Å². The van der Waals surface area contributed by atoms with Gasteiger partial charge in [-0.25, -0.2) is 9.59 Å². The molecule has 0 aromatic heterocycles. The summed E-state index contributed by atoms with van der Waals surface area (Å²) in [6.45, 7) is -0.443. The fourth-order valence-corrected chi connectivity index (χ4v) is 1.47. The van der Waals surface area contributed by atoms with E-state index >= 15 is 0 Å². The third-order valence-corrected chi connectivity index (χ3v) is 2.53. The zero-order valence-electron chi connectivity index (χ0n) is 18.5. The number of hydrogen-bond donors (Lipinski definition) is 0. The zero-order chi connectivity index (χ0) is 22.3. The monoisotopic (exact) mass is 326 g/mol. The number of benzene rings is 2. The summed E-state index contributed by atoms with van der Waals surface area (Å²) in [6, 6.07) is 5.42. The summed E-state index contributed by atoms with van der Waals surface area (Å²) in [5.41, 5.74) is 0.481. The van der Waals surface area contributed by atoms with Crippen molar-refractivity contribution in [2.24, 2.45) is 0 Å². The lowest BCUT2D eigenvalue weighted by molar-refractivity contribution is -0.138. The van der Waals surface area contributed by atoms with E-state index in [4.69, 9.17) is 17.7 Å². The Balaban J connectivity index is 1.95. The highest BCUT2D eigenvalue weighted by Gasteiger charge is 1.98. The van der Waals surface area contributed by atoms with E-state index in [-0.39, 0.29) is 12.2 Å². The second-order valence-corrected chi connectivity index (χ2v) is 4.27. The highest BCUT2D eigenvalue weighted by Crippen LogP contribution is 2.01. The van der Waals surface area contributed by atoms with Crippen molar-refractivity contribution in [2.75, 3.05) is 6.61 Å². The molecule has 0 aliphatic heterocycles. The number of esters is 2. The second kappa shape index (κ2) is 9.65. The van der Waals surface area contributed by atoms with Gasteiger partial charge in [0, 0.05) is 12.0 Å². The Morgan fingerprint density at radius 1 is 1.12 bits per heavy atom. The van der Waals surface area contributed by atoms with Crippen LogP contribution in [0.4, 0.5) is 0 Å². The first-order valence-corrected chi connectivity index (χ1v) is 6.84. The van der Waals surface area contributed by atoms with Crippen molar-refractivity contribution in [1.29, 1.82) is 0 Å². The van der Waals surface area contributed by atoms with Gasteiger partial charge in [0.15, 0.2) is 6.61 Å². The standard InChI is InChI=1S/C20H16O4/c21-19(24-16-18-10-5-2-6-11-18)12-7-15-23-20(22)14-13-17-8-3-1-4-9-17/h1-6,8-11,13-14H,15-16H2/b14-13+/i1D,3D,4D,8D,9D,14D. The summed E-state index contributed by atoms with van der Waals surface area (Å²) in [6.07, 6.45) is 0.823. The van der Waals surface area contributed by atoms with Crippen molar-refractivity contribution in [1.82, 2.24) is 0 Å². The molecule has 0 saturated heterocycles. The van der Waals surface area contributed by atoms with Gasteiger partial charge >= 0.3 is 11.9 Å². The lowest BCUT2D eigenvalue weighted by Gasteiger charge is -1.99. The van der Waals surface area contributed by atoms with E-state index in [1.165, 1.54) is 0 Å². The maximum absolute atomic E-state index is 11.8. The molecular formula is C20H16O4. The number of hydrogen-bond acceptors (Lipinski definition) is 4. The first-order chi connectivity index (χ1) is 14.2. The molecule has 0 unspecified atom stereocenters. The third-order valence-electron chi connectivity index (χ3n) is 2.53. The van der Waals surface area contributed by atoms with Gasteiger partial charge in [0.05, 0.1) is 8.22 Å². The largest absolute Gasteiger partial charge is 0.451 e. The van der Waals surface area contributed by atoms with Gasteiger partial charge in [-0.1, -0.05) is 60.5 Å². The Kier molecular flexibility index (Phi) is 4.20. The SMILES string of the molecule is [2H]/C(=C\c1c([2H])c([2H])c([2H])c([2H])c1[2H])C(=O)OCC#CC(=O)OCc1ccccc1. The van der Waals surface area contributed by atoms with Gasteiger partial charge in [0.2, 0.25) is 0 Å². The van der Waals surface area contributed by atoms with Crippen LogP contribution in [-0.2, 0) is 25.7 Å². The number of ether oxygens (including phenoxy) is 2. The maximum atomic E-state index is 11.8. The second-order valence-electron chi connectivity index (χ2n) is 4.27. The molecule has 0 atom stereocenters. The predicted octanol–water partition coefficient (Wildman–Crippen LogP) is 2.99. The van der Waals surface area contributed by atoms with Crippen LogP contribution in [0, 0.1) is 11.8 Å². The lowest BCUT2D eigenvalue weighted by atomic mass is 10.2. The minimum absolute atomic E-state index is 0.0474. The molecule has 0 amide bonds. The van der Waals surface area contributed by atoms with Gasteiger partial charge in [-0.2, -0.15) is 0 Å². The number of carbonyl (C=O) groups is 2. The average molecular weight is 326 g/mol. The van der Waals surface area contributed by atoms with Crippen LogP contribution < -0.4 is 0 Å². The van der Waals surface area contributed by atoms with E-state index in [2.05, 4.69) is 11.8 Å². The van der Waals surface area contributed by atoms with Crippen molar-refractivity contribution in [3.63, 3.8) is 0 Å². The van der Waals surface area contributed by atoms with Crippen molar-refractivity contribution < 1.29 is 27.3 Å². The van der Waals surface area contributed by atoms with Crippen molar-refractivity contribution in [3.05, 3.63) is 77.7 Å². The summed E-state index contributed by atoms with van der Waals surface area (Å²) < 4.78 is 55.5. The molecule has 0 aliphatic rings. The van der Waals surface area contributed by atoms with Crippen molar-refractivity contribution in [3.8, 4) is 11.8 Å².